The van der Waals surface area contributed by atoms with Crippen molar-refractivity contribution in [2.45, 2.75) is 52.6 Å². The lowest BCUT2D eigenvalue weighted by atomic mass is 10.2. The van der Waals surface area contributed by atoms with E-state index in [-0.39, 0.29) is 0 Å². The van der Waals surface area contributed by atoms with Gasteiger partial charge in [0.15, 0.2) is 0 Å². The molecule has 0 aliphatic heterocycles. The quantitative estimate of drug-likeness (QED) is 0.582. The molecule has 0 aromatic rings. The summed E-state index contributed by atoms with van der Waals surface area (Å²) in [5.41, 5.74) is 0. The molecule has 0 aliphatic carbocycles. The Balaban J connectivity index is 3.38. The summed E-state index contributed by atoms with van der Waals surface area (Å²) < 4.78 is 0. The highest BCUT2D eigenvalue weighted by atomic mass is 15.1. The molecule has 0 rings (SSSR count). The minimum atomic E-state index is 0.679. The molecule has 0 aliphatic rings. The molecule has 0 N–H and O–H groups in total. The molecule has 0 atom stereocenters. The van der Waals surface area contributed by atoms with Crippen LogP contribution in [0.1, 0.15) is 40.5 Å². The second kappa shape index (κ2) is 7.24. The Hall–Kier alpha value is -0.0800. The number of unbranched alkanes of at least 4 members (excludes halogenated alkanes) is 1. The first-order valence-corrected chi connectivity index (χ1v) is 5.85. The van der Waals surface area contributed by atoms with E-state index in [1.165, 1.54) is 25.9 Å². The SMILES string of the molecule is CC(C)N(C)CCCCN(C)C(C)C. The molecule has 0 aromatic carbocycles. The van der Waals surface area contributed by atoms with Gasteiger partial charge in [0.1, 0.15) is 0 Å². The molecule has 0 spiro atoms. The van der Waals surface area contributed by atoms with Crippen molar-refractivity contribution < 1.29 is 0 Å². The average molecular weight is 200 g/mol. The van der Waals surface area contributed by atoms with E-state index in [1.807, 2.05) is 0 Å². The monoisotopic (exact) mass is 200 g/mol. The Morgan fingerprint density at radius 2 is 1.00 bits per heavy atom. The fourth-order valence-electron chi connectivity index (χ4n) is 1.24. The van der Waals surface area contributed by atoms with Gasteiger partial charge in [-0.15, -0.1) is 0 Å². The van der Waals surface area contributed by atoms with Crippen LogP contribution in [0.25, 0.3) is 0 Å². The Labute approximate surface area is 90.3 Å². The Kier molecular flexibility index (Phi) is 7.20. The first kappa shape index (κ1) is 13.9. The molecule has 2 nitrogen and oxygen atoms in total. The maximum atomic E-state index is 2.41. The minimum Gasteiger partial charge on any atom is -0.304 e. The van der Waals surface area contributed by atoms with Crippen molar-refractivity contribution in [3.8, 4) is 0 Å². The molecular formula is C12H28N2. The van der Waals surface area contributed by atoms with Gasteiger partial charge in [-0.1, -0.05) is 0 Å². The molecule has 0 bridgehead atoms. The van der Waals surface area contributed by atoms with Crippen LogP contribution in [0.5, 0.6) is 0 Å². The molecule has 2 heteroatoms. The maximum absolute atomic E-state index is 2.41. The molecule has 0 unspecified atom stereocenters. The molecular weight excluding hydrogens is 172 g/mol. The third-order valence-corrected chi connectivity index (χ3v) is 3.03. The molecule has 0 radical (unpaired) electrons. The van der Waals surface area contributed by atoms with Gasteiger partial charge in [0.05, 0.1) is 0 Å². The summed E-state index contributed by atoms with van der Waals surface area (Å²) in [5, 5.41) is 0. The molecule has 14 heavy (non-hydrogen) atoms. The van der Waals surface area contributed by atoms with Gasteiger partial charge >= 0.3 is 0 Å². The summed E-state index contributed by atoms with van der Waals surface area (Å²) in [6.07, 6.45) is 2.62. The van der Waals surface area contributed by atoms with Gasteiger partial charge in [0.2, 0.25) is 0 Å². The summed E-state index contributed by atoms with van der Waals surface area (Å²) in [6.45, 7) is 11.5. The standard InChI is InChI=1S/C12H28N2/c1-11(2)13(5)9-7-8-10-14(6)12(3)4/h11-12H,7-10H2,1-6H3. The minimum absolute atomic E-state index is 0.679. The van der Waals surface area contributed by atoms with Crippen LogP contribution in [-0.2, 0) is 0 Å². The highest BCUT2D eigenvalue weighted by Crippen LogP contribution is 2.01. The number of nitrogens with zero attached hydrogens (tertiary/aromatic N) is 2. The van der Waals surface area contributed by atoms with Gasteiger partial charge in [-0.2, -0.15) is 0 Å². The van der Waals surface area contributed by atoms with Crippen LogP contribution in [0.3, 0.4) is 0 Å². The second-order valence-corrected chi connectivity index (χ2v) is 4.86. The summed E-state index contributed by atoms with van der Waals surface area (Å²) in [6, 6.07) is 1.36. The zero-order valence-corrected chi connectivity index (χ0v) is 10.9. The van der Waals surface area contributed by atoms with Crippen LogP contribution in [0.4, 0.5) is 0 Å². The van der Waals surface area contributed by atoms with Crippen molar-refractivity contribution in [2.24, 2.45) is 0 Å². The summed E-state index contributed by atoms with van der Waals surface area (Å²) in [4.78, 5) is 4.82. The summed E-state index contributed by atoms with van der Waals surface area (Å²) in [7, 11) is 4.41. The largest absolute Gasteiger partial charge is 0.304 e. The van der Waals surface area contributed by atoms with E-state index in [0.717, 1.165) is 0 Å². The van der Waals surface area contributed by atoms with Gasteiger partial charge in [-0.05, 0) is 67.7 Å². The van der Waals surface area contributed by atoms with Crippen LogP contribution >= 0.6 is 0 Å². The highest BCUT2D eigenvalue weighted by molar-refractivity contribution is 4.60. The van der Waals surface area contributed by atoms with Gasteiger partial charge < -0.3 is 9.80 Å². The zero-order chi connectivity index (χ0) is 11.1. The van der Waals surface area contributed by atoms with Crippen molar-refractivity contribution in [2.75, 3.05) is 27.2 Å². The van der Waals surface area contributed by atoms with Gasteiger partial charge in [-0.3, -0.25) is 0 Å². The smallest absolute Gasteiger partial charge is 0.00355 e. The molecule has 0 amide bonds. The topological polar surface area (TPSA) is 6.48 Å². The Morgan fingerprint density at radius 3 is 1.21 bits per heavy atom. The van der Waals surface area contributed by atoms with Crippen LogP contribution in [0.2, 0.25) is 0 Å². The fraction of sp³-hybridized carbons (Fsp3) is 1.00. The third kappa shape index (κ3) is 6.39. The van der Waals surface area contributed by atoms with Crippen molar-refractivity contribution >= 4 is 0 Å². The molecule has 0 saturated carbocycles. The summed E-state index contributed by atoms with van der Waals surface area (Å²) in [5.74, 6) is 0. The fourth-order valence-corrected chi connectivity index (χ4v) is 1.24. The van der Waals surface area contributed by atoms with Crippen molar-refractivity contribution in [3.63, 3.8) is 0 Å². The lowest BCUT2D eigenvalue weighted by molar-refractivity contribution is 0.240. The van der Waals surface area contributed by atoms with Crippen LogP contribution < -0.4 is 0 Å². The van der Waals surface area contributed by atoms with E-state index in [4.69, 9.17) is 0 Å². The molecule has 0 aromatic heterocycles. The third-order valence-electron chi connectivity index (χ3n) is 3.03. The van der Waals surface area contributed by atoms with Crippen LogP contribution in [0, 0.1) is 0 Å². The second-order valence-electron chi connectivity index (χ2n) is 4.86. The average Bonchev–Trinajstić information content (AvgIpc) is 2.11. The normalized spacial score (nSPS) is 12.4. The number of hydrogen-bond donors (Lipinski definition) is 0. The van der Waals surface area contributed by atoms with E-state index in [9.17, 15) is 0 Å². The van der Waals surface area contributed by atoms with Crippen molar-refractivity contribution in [3.05, 3.63) is 0 Å². The van der Waals surface area contributed by atoms with Crippen LogP contribution in [-0.4, -0.2) is 49.1 Å². The number of hydrogen-bond acceptors (Lipinski definition) is 2. The lowest BCUT2D eigenvalue weighted by Gasteiger charge is -2.23. The Bertz CT molecular complexity index is 116. The maximum Gasteiger partial charge on any atom is 0.00355 e. The highest BCUT2D eigenvalue weighted by Gasteiger charge is 2.04. The van der Waals surface area contributed by atoms with E-state index in [1.54, 1.807) is 0 Å². The van der Waals surface area contributed by atoms with Gasteiger partial charge in [0.25, 0.3) is 0 Å². The van der Waals surface area contributed by atoms with E-state index >= 15 is 0 Å². The predicted molar refractivity (Wildman–Crippen MR) is 64.8 cm³/mol. The molecule has 0 fully saturated rings. The number of rotatable bonds is 7. The van der Waals surface area contributed by atoms with E-state index < -0.39 is 0 Å². The van der Waals surface area contributed by atoms with Gasteiger partial charge in [-0.25, -0.2) is 0 Å². The van der Waals surface area contributed by atoms with Crippen molar-refractivity contribution in [1.82, 2.24) is 9.80 Å². The van der Waals surface area contributed by atoms with E-state index in [0.29, 0.717) is 12.1 Å². The van der Waals surface area contributed by atoms with Gasteiger partial charge in [0, 0.05) is 12.1 Å². The molecule has 0 heterocycles. The summed E-state index contributed by atoms with van der Waals surface area (Å²) >= 11 is 0. The van der Waals surface area contributed by atoms with Crippen molar-refractivity contribution in [1.29, 1.82) is 0 Å². The van der Waals surface area contributed by atoms with E-state index in [2.05, 4.69) is 51.6 Å². The first-order valence-electron chi connectivity index (χ1n) is 5.85. The Morgan fingerprint density at radius 1 is 0.714 bits per heavy atom. The molecule has 86 valence electrons. The zero-order valence-electron chi connectivity index (χ0n) is 10.9. The predicted octanol–water partition coefficient (Wildman–Crippen LogP) is 2.45. The molecule has 0 saturated heterocycles. The first-order chi connectivity index (χ1) is 6.45. The van der Waals surface area contributed by atoms with Crippen LogP contribution in [0.15, 0.2) is 0 Å². The lowest BCUT2D eigenvalue weighted by Crippen LogP contribution is -2.30.